The van der Waals surface area contributed by atoms with Gasteiger partial charge in [-0.15, -0.1) is 0 Å². The molecule has 0 saturated carbocycles. The van der Waals surface area contributed by atoms with Gasteiger partial charge in [-0.1, -0.05) is 6.92 Å². The minimum Gasteiger partial charge on any atom is -0.444 e. The summed E-state index contributed by atoms with van der Waals surface area (Å²) in [6, 6.07) is 1.55. The van der Waals surface area contributed by atoms with Gasteiger partial charge in [0.1, 0.15) is 10.7 Å². The van der Waals surface area contributed by atoms with E-state index in [-0.39, 0.29) is 18.1 Å². The van der Waals surface area contributed by atoms with Crippen LogP contribution in [0.5, 0.6) is 0 Å². The fraction of sp³-hybridized carbons (Fsp3) is 0.250. The van der Waals surface area contributed by atoms with Gasteiger partial charge in [0.2, 0.25) is 15.9 Å². The molecule has 0 radical (unpaired) electrons. The number of hydrogen-bond acceptors (Lipinski definition) is 5. The van der Waals surface area contributed by atoms with Crippen molar-refractivity contribution in [3.05, 3.63) is 41.6 Å². The average Bonchev–Trinajstić information content (AvgIpc) is 2.88. The Hall–Kier alpha value is -2.00. The van der Waals surface area contributed by atoms with Gasteiger partial charge in [0.15, 0.2) is 11.6 Å². The van der Waals surface area contributed by atoms with Crippen LogP contribution in [-0.2, 0) is 23.0 Å². The van der Waals surface area contributed by atoms with Crippen molar-refractivity contribution < 1.29 is 21.6 Å². The Kier molecular flexibility index (Phi) is 4.24. The molecule has 2 aromatic rings. The molecule has 0 unspecified atom stereocenters. The van der Waals surface area contributed by atoms with E-state index in [0.717, 1.165) is 6.07 Å². The lowest BCUT2D eigenvalue weighted by molar-refractivity contribution is 0.450. The molecule has 0 saturated heterocycles. The largest absolute Gasteiger partial charge is 0.444 e. The molecule has 0 aliphatic heterocycles. The summed E-state index contributed by atoms with van der Waals surface area (Å²) in [6.07, 6.45) is 2.07. The first-order chi connectivity index (χ1) is 9.83. The number of nitrogen functional groups attached to an aromatic ring is 1. The Morgan fingerprint density at radius 3 is 2.71 bits per heavy atom. The van der Waals surface area contributed by atoms with E-state index < -0.39 is 26.6 Å². The van der Waals surface area contributed by atoms with Crippen molar-refractivity contribution in [3.8, 4) is 0 Å². The summed E-state index contributed by atoms with van der Waals surface area (Å²) >= 11 is 0. The van der Waals surface area contributed by atoms with E-state index in [1.165, 1.54) is 6.20 Å². The lowest BCUT2D eigenvalue weighted by atomic mass is 10.3. The second-order valence-electron chi connectivity index (χ2n) is 4.21. The molecule has 9 heteroatoms. The molecule has 0 bridgehead atoms. The lowest BCUT2D eigenvalue weighted by Gasteiger charge is -2.07. The number of benzene rings is 1. The summed E-state index contributed by atoms with van der Waals surface area (Å²) in [6.45, 7) is 1.57. The van der Waals surface area contributed by atoms with Crippen LogP contribution in [-0.4, -0.2) is 13.4 Å². The number of hydrogen-bond donors (Lipinski definition) is 2. The highest BCUT2D eigenvalue weighted by Crippen LogP contribution is 2.21. The predicted molar refractivity (Wildman–Crippen MR) is 70.7 cm³/mol. The molecule has 1 aromatic carbocycles. The fourth-order valence-electron chi connectivity index (χ4n) is 1.61. The highest BCUT2D eigenvalue weighted by atomic mass is 32.2. The molecule has 0 aliphatic carbocycles. The Morgan fingerprint density at radius 1 is 1.38 bits per heavy atom. The van der Waals surface area contributed by atoms with Gasteiger partial charge in [0, 0.05) is 12.1 Å². The zero-order valence-corrected chi connectivity index (χ0v) is 11.9. The number of nitrogens with two attached hydrogens (primary N) is 1. The zero-order valence-electron chi connectivity index (χ0n) is 11.1. The van der Waals surface area contributed by atoms with Gasteiger partial charge in [-0.05, 0) is 12.1 Å². The number of oxazole rings is 1. The molecule has 0 fully saturated rings. The van der Waals surface area contributed by atoms with Crippen molar-refractivity contribution in [3.63, 3.8) is 0 Å². The van der Waals surface area contributed by atoms with Crippen LogP contribution in [0.1, 0.15) is 18.6 Å². The average molecular weight is 317 g/mol. The van der Waals surface area contributed by atoms with Crippen molar-refractivity contribution in [2.45, 2.75) is 24.8 Å². The third-order valence-corrected chi connectivity index (χ3v) is 4.07. The maximum absolute atomic E-state index is 13.6. The smallest absolute Gasteiger partial charge is 0.244 e. The van der Waals surface area contributed by atoms with Crippen molar-refractivity contribution in [1.29, 1.82) is 0 Å². The highest BCUT2D eigenvalue weighted by Gasteiger charge is 2.23. The van der Waals surface area contributed by atoms with Crippen LogP contribution in [0.15, 0.2) is 27.6 Å². The topological polar surface area (TPSA) is 98.2 Å². The summed E-state index contributed by atoms with van der Waals surface area (Å²) in [7, 11) is -4.28. The van der Waals surface area contributed by atoms with E-state index in [1.54, 1.807) is 0 Å². The molecule has 1 heterocycles. The van der Waals surface area contributed by atoms with Crippen LogP contribution >= 0.6 is 0 Å². The first-order valence-corrected chi connectivity index (χ1v) is 7.49. The molecule has 2 rings (SSSR count). The summed E-state index contributed by atoms with van der Waals surface area (Å²) < 4.78 is 58.0. The first kappa shape index (κ1) is 15.4. The molecule has 21 heavy (non-hydrogen) atoms. The molecule has 0 atom stereocenters. The Morgan fingerprint density at radius 2 is 2.10 bits per heavy atom. The van der Waals surface area contributed by atoms with E-state index in [9.17, 15) is 17.2 Å². The second kappa shape index (κ2) is 5.78. The Bertz CT molecular complexity index is 759. The lowest BCUT2D eigenvalue weighted by Crippen LogP contribution is -2.25. The summed E-state index contributed by atoms with van der Waals surface area (Å²) in [4.78, 5) is 3.00. The molecule has 0 amide bonds. The van der Waals surface area contributed by atoms with Gasteiger partial charge >= 0.3 is 0 Å². The molecule has 6 nitrogen and oxygen atoms in total. The van der Waals surface area contributed by atoms with Gasteiger partial charge in [0.05, 0.1) is 12.7 Å². The van der Waals surface area contributed by atoms with E-state index in [1.807, 2.05) is 6.92 Å². The molecule has 0 aliphatic rings. The second-order valence-corrected chi connectivity index (χ2v) is 5.95. The fourth-order valence-corrected chi connectivity index (χ4v) is 2.70. The van der Waals surface area contributed by atoms with Crippen molar-refractivity contribution in [2.75, 3.05) is 5.73 Å². The SMILES string of the molecule is CCc1cnc(CNS(=O)(=O)c2cc(N)cc(F)c2F)o1. The van der Waals surface area contributed by atoms with Gasteiger partial charge < -0.3 is 10.2 Å². The maximum atomic E-state index is 13.6. The van der Waals surface area contributed by atoms with Gasteiger partial charge in [-0.25, -0.2) is 26.9 Å². The summed E-state index contributed by atoms with van der Waals surface area (Å²) in [5.74, 6) is -2.11. The quantitative estimate of drug-likeness (QED) is 0.816. The van der Waals surface area contributed by atoms with Crippen molar-refractivity contribution in [1.82, 2.24) is 9.71 Å². The van der Waals surface area contributed by atoms with Gasteiger partial charge in [-0.2, -0.15) is 0 Å². The summed E-state index contributed by atoms with van der Waals surface area (Å²) in [5.41, 5.74) is 5.13. The summed E-state index contributed by atoms with van der Waals surface area (Å²) in [5, 5.41) is 0. The third kappa shape index (κ3) is 3.37. The van der Waals surface area contributed by atoms with Crippen LogP contribution in [0, 0.1) is 11.6 Å². The number of nitrogens with one attached hydrogen (secondary N) is 1. The monoisotopic (exact) mass is 317 g/mol. The maximum Gasteiger partial charge on any atom is 0.244 e. The number of aromatic nitrogens is 1. The number of nitrogens with zero attached hydrogens (tertiary/aromatic N) is 1. The van der Waals surface area contributed by atoms with E-state index in [0.29, 0.717) is 18.2 Å². The normalized spacial score (nSPS) is 11.8. The van der Waals surface area contributed by atoms with Crippen LogP contribution in [0.2, 0.25) is 0 Å². The molecule has 0 spiro atoms. The molecule has 114 valence electrons. The number of rotatable bonds is 5. The van der Waals surface area contributed by atoms with Crippen molar-refractivity contribution in [2.24, 2.45) is 0 Å². The Labute approximate surface area is 120 Å². The number of sulfonamides is 1. The minimum atomic E-state index is -4.28. The third-order valence-electron chi connectivity index (χ3n) is 2.67. The molecule has 1 aromatic heterocycles. The van der Waals surface area contributed by atoms with E-state index >= 15 is 0 Å². The number of aryl methyl sites for hydroxylation is 1. The first-order valence-electron chi connectivity index (χ1n) is 6.01. The minimum absolute atomic E-state index is 0.125. The van der Waals surface area contributed by atoms with Crippen LogP contribution in [0.25, 0.3) is 0 Å². The number of anilines is 1. The predicted octanol–water partition coefficient (Wildman–Crippen LogP) is 1.58. The van der Waals surface area contributed by atoms with E-state index in [4.69, 9.17) is 10.2 Å². The van der Waals surface area contributed by atoms with Crippen molar-refractivity contribution >= 4 is 15.7 Å². The van der Waals surface area contributed by atoms with E-state index in [2.05, 4.69) is 9.71 Å². The van der Waals surface area contributed by atoms with Crippen LogP contribution < -0.4 is 10.5 Å². The standard InChI is InChI=1S/C12H13F2N3O3S/c1-2-8-5-16-11(20-8)6-17-21(18,19)10-4-7(15)3-9(13)12(10)14/h3-5,17H,2,6,15H2,1H3. The molecular formula is C12H13F2N3O3S. The number of halogens is 2. The Balaban J connectivity index is 2.22. The van der Waals surface area contributed by atoms with Crippen LogP contribution in [0.3, 0.4) is 0 Å². The molecular weight excluding hydrogens is 304 g/mol. The molecule has 3 N–H and O–H groups in total. The highest BCUT2D eigenvalue weighted by molar-refractivity contribution is 7.89. The zero-order chi connectivity index (χ0) is 15.6. The van der Waals surface area contributed by atoms with Gasteiger partial charge in [-0.3, -0.25) is 0 Å². The van der Waals surface area contributed by atoms with Gasteiger partial charge in [0.25, 0.3) is 0 Å². The van der Waals surface area contributed by atoms with Crippen LogP contribution in [0.4, 0.5) is 14.5 Å².